The fraction of sp³-hybridized carbons (Fsp3) is 0.231. The van der Waals surface area contributed by atoms with E-state index in [-0.39, 0.29) is 24.3 Å². The molecule has 3 aromatic rings. The lowest BCUT2D eigenvalue weighted by Crippen LogP contribution is -2.27. The molecular weight excluding hydrogens is 419 g/mol. The highest BCUT2D eigenvalue weighted by Crippen LogP contribution is 2.28. The topological polar surface area (TPSA) is 73.5 Å². The maximum Gasteiger partial charge on any atom is 0.323 e. The Morgan fingerprint density at radius 2 is 1.67 bits per heavy atom. The van der Waals surface area contributed by atoms with Crippen LogP contribution in [0, 0.1) is 12.7 Å². The summed E-state index contributed by atoms with van der Waals surface area (Å²) in [6.07, 6.45) is 2.16. The van der Waals surface area contributed by atoms with Crippen LogP contribution < -0.4 is 20.9 Å². The van der Waals surface area contributed by atoms with Gasteiger partial charge in [0.25, 0.3) is 5.91 Å². The van der Waals surface area contributed by atoms with Gasteiger partial charge < -0.3 is 20.9 Å². The molecule has 1 heterocycles. The van der Waals surface area contributed by atoms with Crippen molar-refractivity contribution < 1.29 is 14.0 Å². The van der Waals surface area contributed by atoms with Crippen molar-refractivity contribution in [2.24, 2.45) is 0 Å². The third kappa shape index (κ3) is 5.68. The number of hydrogen-bond donors (Lipinski definition) is 3. The average Bonchev–Trinajstić information content (AvgIpc) is 3.35. The van der Waals surface area contributed by atoms with Gasteiger partial charge in [-0.25, -0.2) is 9.18 Å². The average molecular weight is 447 g/mol. The molecular formula is C26H27FN4O2. The van der Waals surface area contributed by atoms with E-state index in [4.69, 9.17) is 0 Å². The first-order valence-electron chi connectivity index (χ1n) is 11.0. The summed E-state index contributed by atoms with van der Waals surface area (Å²) in [4.78, 5) is 27.8. The van der Waals surface area contributed by atoms with E-state index >= 15 is 0 Å². The number of aryl methyl sites for hydroxylation is 1. The fourth-order valence-electron chi connectivity index (χ4n) is 3.91. The van der Waals surface area contributed by atoms with Gasteiger partial charge in [-0.15, -0.1) is 0 Å². The first-order valence-corrected chi connectivity index (χ1v) is 11.0. The Hall–Kier alpha value is -3.87. The summed E-state index contributed by atoms with van der Waals surface area (Å²) in [5, 5.41) is 8.57. The maximum atomic E-state index is 13.2. The van der Waals surface area contributed by atoms with Gasteiger partial charge in [-0.05, 0) is 67.3 Å². The second-order valence-electron chi connectivity index (χ2n) is 8.13. The first-order chi connectivity index (χ1) is 16.0. The van der Waals surface area contributed by atoms with Crippen molar-refractivity contribution in [3.63, 3.8) is 0 Å². The minimum atomic E-state index is -0.379. The largest absolute Gasteiger partial charge is 0.371 e. The van der Waals surface area contributed by atoms with Gasteiger partial charge in [-0.3, -0.25) is 4.79 Å². The molecule has 0 aromatic heterocycles. The van der Waals surface area contributed by atoms with Crippen LogP contribution in [0.5, 0.6) is 0 Å². The second kappa shape index (κ2) is 10.2. The fourth-order valence-corrected chi connectivity index (χ4v) is 3.91. The van der Waals surface area contributed by atoms with Crippen molar-refractivity contribution in [2.45, 2.75) is 26.3 Å². The normalized spacial score (nSPS) is 13.0. The number of carbonyl (C=O) groups excluding carboxylic acids is 2. The highest BCUT2D eigenvalue weighted by atomic mass is 19.1. The maximum absolute atomic E-state index is 13.2. The van der Waals surface area contributed by atoms with Gasteiger partial charge in [-0.1, -0.05) is 30.3 Å². The van der Waals surface area contributed by atoms with E-state index in [0.717, 1.165) is 48.4 Å². The van der Waals surface area contributed by atoms with Crippen LogP contribution in [0.4, 0.5) is 26.2 Å². The smallest absolute Gasteiger partial charge is 0.323 e. The van der Waals surface area contributed by atoms with Gasteiger partial charge in [0.05, 0.1) is 5.56 Å². The molecule has 7 heteroatoms. The Kier molecular flexibility index (Phi) is 6.88. The van der Waals surface area contributed by atoms with Gasteiger partial charge in [0.15, 0.2) is 0 Å². The van der Waals surface area contributed by atoms with Gasteiger partial charge >= 0.3 is 6.03 Å². The second-order valence-corrected chi connectivity index (χ2v) is 8.13. The van der Waals surface area contributed by atoms with Crippen molar-refractivity contribution >= 4 is 29.0 Å². The van der Waals surface area contributed by atoms with E-state index in [1.165, 1.54) is 12.1 Å². The third-order valence-corrected chi connectivity index (χ3v) is 5.71. The molecule has 170 valence electrons. The summed E-state index contributed by atoms with van der Waals surface area (Å²) in [5.41, 5.74) is 4.34. The van der Waals surface area contributed by atoms with E-state index in [1.807, 2.05) is 43.3 Å². The molecule has 1 aliphatic rings. The number of hydrogen-bond acceptors (Lipinski definition) is 3. The van der Waals surface area contributed by atoms with Crippen molar-refractivity contribution in [3.05, 3.63) is 89.2 Å². The lowest BCUT2D eigenvalue weighted by Gasteiger charge is -2.22. The molecule has 0 atom stereocenters. The van der Waals surface area contributed by atoms with Crippen LogP contribution in [-0.2, 0) is 6.54 Å². The summed E-state index contributed by atoms with van der Waals surface area (Å²) in [5.74, 6) is -0.562. The molecule has 0 unspecified atom stereocenters. The van der Waals surface area contributed by atoms with E-state index in [9.17, 15) is 14.0 Å². The number of benzene rings is 3. The number of rotatable bonds is 6. The Morgan fingerprint density at radius 3 is 2.39 bits per heavy atom. The third-order valence-electron chi connectivity index (χ3n) is 5.71. The SMILES string of the molecule is Cc1ccccc1NC(=O)Nc1ccc(N2CCCC2)c(C(=O)NCc2ccc(F)cc2)c1. The molecule has 1 fully saturated rings. The highest BCUT2D eigenvalue weighted by Gasteiger charge is 2.20. The van der Waals surface area contributed by atoms with E-state index in [0.29, 0.717) is 11.3 Å². The summed E-state index contributed by atoms with van der Waals surface area (Å²) >= 11 is 0. The Balaban J connectivity index is 1.51. The molecule has 33 heavy (non-hydrogen) atoms. The van der Waals surface area contributed by atoms with Crippen LogP contribution in [0.2, 0.25) is 0 Å². The van der Waals surface area contributed by atoms with E-state index < -0.39 is 0 Å². The van der Waals surface area contributed by atoms with E-state index in [1.54, 1.807) is 18.2 Å². The summed E-state index contributed by atoms with van der Waals surface area (Å²) < 4.78 is 13.2. The van der Waals surface area contributed by atoms with E-state index in [2.05, 4.69) is 20.9 Å². The number of anilines is 3. The number of carbonyl (C=O) groups is 2. The van der Waals surface area contributed by atoms with Crippen molar-refractivity contribution in [1.82, 2.24) is 5.32 Å². The summed E-state index contributed by atoms with van der Waals surface area (Å²) in [6.45, 7) is 3.98. The van der Waals surface area contributed by atoms with Gasteiger partial charge in [0.2, 0.25) is 0 Å². The standard InChI is InChI=1S/C26H27FN4O2/c1-18-6-2-3-7-23(18)30-26(33)29-21-12-13-24(31-14-4-5-15-31)22(16-21)25(32)28-17-19-8-10-20(27)11-9-19/h2-3,6-13,16H,4-5,14-15,17H2,1H3,(H,28,32)(H2,29,30,33). The predicted octanol–water partition coefficient (Wildman–Crippen LogP) is 5.31. The van der Waals surface area contributed by atoms with Crippen LogP contribution in [-0.4, -0.2) is 25.0 Å². The van der Waals surface area contributed by atoms with Crippen molar-refractivity contribution in [3.8, 4) is 0 Å². The number of nitrogens with zero attached hydrogens (tertiary/aromatic N) is 1. The molecule has 1 saturated heterocycles. The van der Waals surface area contributed by atoms with Crippen LogP contribution in [0.3, 0.4) is 0 Å². The van der Waals surface area contributed by atoms with Gasteiger partial charge in [0, 0.05) is 36.7 Å². The molecule has 3 aromatic carbocycles. The zero-order valence-electron chi connectivity index (χ0n) is 18.5. The summed E-state index contributed by atoms with van der Waals surface area (Å²) in [7, 11) is 0. The molecule has 0 bridgehead atoms. The lowest BCUT2D eigenvalue weighted by atomic mass is 10.1. The Morgan fingerprint density at radius 1 is 0.939 bits per heavy atom. The monoisotopic (exact) mass is 446 g/mol. The molecule has 0 radical (unpaired) electrons. The predicted molar refractivity (Wildman–Crippen MR) is 129 cm³/mol. The minimum Gasteiger partial charge on any atom is -0.371 e. The number of amides is 3. The quantitative estimate of drug-likeness (QED) is 0.481. The molecule has 0 aliphatic carbocycles. The number of halogens is 1. The molecule has 4 rings (SSSR count). The highest BCUT2D eigenvalue weighted by molar-refractivity contribution is 6.04. The molecule has 3 N–H and O–H groups in total. The first kappa shape index (κ1) is 22.3. The molecule has 3 amide bonds. The Bertz CT molecular complexity index is 1140. The lowest BCUT2D eigenvalue weighted by molar-refractivity contribution is 0.0951. The molecule has 6 nitrogen and oxygen atoms in total. The molecule has 1 aliphatic heterocycles. The number of para-hydroxylation sites is 1. The van der Waals surface area contributed by atoms with Crippen LogP contribution >= 0.6 is 0 Å². The zero-order valence-corrected chi connectivity index (χ0v) is 18.5. The van der Waals surface area contributed by atoms with Gasteiger partial charge in [-0.2, -0.15) is 0 Å². The van der Waals surface area contributed by atoms with Crippen molar-refractivity contribution in [1.29, 1.82) is 0 Å². The zero-order chi connectivity index (χ0) is 23.2. The molecule has 0 spiro atoms. The van der Waals surface area contributed by atoms with Crippen molar-refractivity contribution in [2.75, 3.05) is 28.6 Å². The number of urea groups is 1. The van der Waals surface area contributed by atoms with Crippen LogP contribution in [0.1, 0.15) is 34.3 Å². The van der Waals surface area contributed by atoms with Crippen LogP contribution in [0.25, 0.3) is 0 Å². The minimum absolute atomic E-state index is 0.246. The number of nitrogens with one attached hydrogen (secondary N) is 3. The Labute approximate surface area is 192 Å². The van der Waals surface area contributed by atoms with Crippen LogP contribution in [0.15, 0.2) is 66.7 Å². The molecule has 0 saturated carbocycles. The summed E-state index contributed by atoms with van der Waals surface area (Å²) in [6, 6.07) is 18.6. The van der Waals surface area contributed by atoms with Gasteiger partial charge in [0.1, 0.15) is 5.82 Å².